The van der Waals surface area contributed by atoms with Crippen LogP contribution in [0.2, 0.25) is 0 Å². The molecule has 0 bridgehead atoms. The Kier molecular flexibility index (Phi) is 7.57. The monoisotopic (exact) mass is 394 g/mol. The molecule has 2 aromatic carbocycles. The Morgan fingerprint density at radius 3 is 2.21 bits per heavy atom. The van der Waals surface area contributed by atoms with Crippen LogP contribution in [-0.2, 0) is 17.9 Å². The topological polar surface area (TPSA) is 60.0 Å². The molecule has 0 aliphatic carbocycles. The minimum atomic E-state index is -0.637. The molecule has 0 heterocycles. The van der Waals surface area contributed by atoms with Gasteiger partial charge in [0.15, 0.2) is 11.5 Å². The van der Waals surface area contributed by atoms with Crippen LogP contribution in [0.15, 0.2) is 30.3 Å². The molecule has 152 valence electrons. The summed E-state index contributed by atoms with van der Waals surface area (Å²) in [5, 5.41) is 2.79. The number of rotatable bonds is 9. The summed E-state index contributed by atoms with van der Waals surface area (Å²) < 4.78 is 42.5. The molecule has 2 rings (SSSR count). The summed E-state index contributed by atoms with van der Waals surface area (Å²) in [7, 11) is 6.26. The van der Waals surface area contributed by atoms with Crippen molar-refractivity contribution in [3.05, 3.63) is 53.1 Å². The zero-order chi connectivity index (χ0) is 20.7. The fourth-order valence-corrected chi connectivity index (χ4v) is 2.72. The quantitative estimate of drug-likeness (QED) is 0.709. The molecule has 1 amide bonds. The predicted octanol–water partition coefficient (Wildman–Crippen LogP) is 2.74. The van der Waals surface area contributed by atoms with Crippen LogP contribution in [0.25, 0.3) is 0 Å². The number of carbonyl (C=O) groups is 1. The van der Waals surface area contributed by atoms with Crippen LogP contribution in [0, 0.1) is 11.6 Å². The summed E-state index contributed by atoms with van der Waals surface area (Å²) in [5.41, 5.74) is 1.04. The summed E-state index contributed by atoms with van der Waals surface area (Å²) in [6.45, 7) is 0.451. The third-order valence-corrected chi connectivity index (χ3v) is 4.13. The van der Waals surface area contributed by atoms with E-state index in [4.69, 9.17) is 14.2 Å². The summed E-state index contributed by atoms with van der Waals surface area (Å²) in [6, 6.07) is 6.80. The van der Waals surface area contributed by atoms with Gasteiger partial charge < -0.3 is 19.5 Å². The molecule has 2 aromatic rings. The van der Waals surface area contributed by atoms with Crippen LogP contribution in [0.5, 0.6) is 17.2 Å². The number of hydrogen-bond donors (Lipinski definition) is 1. The maximum atomic E-state index is 13.7. The van der Waals surface area contributed by atoms with Gasteiger partial charge in [-0.2, -0.15) is 0 Å². The van der Waals surface area contributed by atoms with Crippen LogP contribution < -0.4 is 19.5 Å². The number of nitrogens with one attached hydrogen (secondary N) is 1. The van der Waals surface area contributed by atoms with Gasteiger partial charge in [0.1, 0.15) is 17.4 Å². The zero-order valence-electron chi connectivity index (χ0n) is 16.3. The molecule has 1 N–H and O–H groups in total. The molecule has 6 nitrogen and oxygen atoms in total. The van der Waals surface area contributed by atoms with Crippen LogP contribution >= 0.6 is 0 Å². The first kappa shape index (κ1) is 21.4. The van der Waals surface area contributed by atoms with Crippen molar-refractivity contribution >= 4 is 5.91 Å². The lowest BCUT2D eigenvalue weighted by atomic mass is 10.1. The second-order valence-electron chi connectivity index (χ2n) is 6.20. The van der Waals surface area contributed by atoms with Crippen LogP contribution in [-0.4, -0.2) is 45.7 Å². The summed E-state index contributed by atoms with van der Waals surface area (Å²) >= 11 is 0. The van der Waals surface area contributed by atoms with Gasteiger partial charge in [0.25, 0.3) is 0 Å². The first-order valence-corrected chi connectivity index (χ1v) is 8.56. The number of halogens is 2. The molecule has 0 saturated heterocycles. The average Bonchev–Trinajstić information content (AvgIpc) is 2.67. The highest BCUT2D eigenvalue weighted by molar-refractivity contribution is 5.78. The number of carbonyl (C=O) groups excluding carboxylic acids is 1. The maximum absolute atomic E-state index is 13.7. The van der Waals surface area contributed by atoms with Gasteiger partial charge in [0.2, 0.25) is 5.91 Å². The summed E-state index contributed by atoms with van der Waals surface area (Å²) in [4.78, 5) is 13.9. The van der Waals surface area contributed by atoms with Gasteiger partial charge in [-0.15, -0.1) is 0 Å². The number of ether oxygens (including phenoxy) is 3. The van der Waals surface area contributed by atoms with Gasteiger partial charge in [-0.1, -0.05) is 6.07 Å². The SMILES string of the molecule is COc1cc(OC)c(OC)cc1CNC(=O)CN(C)Cc1ccc(F)cc1F. The largest absolute Gasteiger partial charge is 0.496 e. The van der Waals surface area contributed by atoms with Crippen molar-refractivity contribution in [2.75, 3.05) is 34.9 Å². The fraction of sp³-hybridized carbons (Fsp3) is 0.350. The molecule has 0 saturated carbocycles. The first-order chi connectivity index (χ1) is 13.4. The van der Waals surface area contributed by atoms with E-state index >= 15 is 0 Å². The van der Waals surface area contributed by atoms with Crippen molar-refractivity contribution in [3.63, 3.8) is 0 Å². The second-order valence-corrected chi connectivity index (χ2v) is 6.20. The molecule has 28 heavy (non-hydrogen) atoms. The van der Waals surface area contributed by atoms with E-state index in [1.54, 1.807) is 24.1 Å². The van der Waals surface area contributed by atoms with E-state index in [0.29, 0.717) is 22.8 Å². The Labute approximate surface area is 163 Å². The van der Waals surface area contributed by atoms with Gasteiger partial charge in [0, 0.05) is 36.3 Å². The van der Waals surface area contributed by atoms with Gasteiger partial charge >= 0.3 is 0 Å². The van der Waals surface area contributed by atoms with E-state index in [-0.39, 0.29) is 25.5 Å². The smallest absolute Gasteiger partial charge is 0.234 e. The number of nitrogens with zero attached hydrogens (tertiary/aromatic N) is 1. The normalized spacial score (nSPS) is 10.7. The maximum Gasteiger partial charge on any atom is 0.234 e. The van der Waals surface area contributed by atoms with E-state index < -0.39 is 11.6 Å². The minimum absolute atomic E-state index is 0.0480. The van der Waals surface area contributed by atoms with Crippen LogP contribution in [0.3, 0.4) is 0 Å². The molecular formula is C20H24F2N2O4. The van der Waals surface area contributed by atoms with Crippen molar-refractivity contribution in [3.8, 4) is 17.2 Å². The highest BCUT2D eigenvalue weighted by atomic mass is 19.1. The van der Waals surface area contributed by atoms with Gasteiger partial charge in [-0.05, 0) is 19.2 Å². The van der Waals surface area contributed by atoms with Gasteiger partial charge in [-0.3, -0.25) is 9.69 Å². The average molecular weight is 394 g/mol. The Morgan fingerprint density at radius 2 is 1.61 bits per heavy atom. The highest BCUT2D eigenvalue weighted by Crippen LogP contribution is 2.34. The molecule has 0 atom stereocenters. The number of hydrogen-bond acceptors (Lipinski definition) is 5. The number of amides is 1. The zero-order valence-corrected chi connectivity index (χ0v) is 16.3. The van der Waals surface area contributed by atoms with E-state index in [0.717, 1.165) is 11.6 Å². The van der Waals surface area contributed by atoms with E-state index in [1.165, 1.54) is 33.5 Å². The molecular weight excluding hydrogens is 370 g/mol. The molecule has 0 radical (unpaired) electrons. The predicted molar refractivity (Wildman–Crippen MR) is 101 cm³/mol. The third-order valence-electron chi connectivity index (χ3n) is 4.13. The van der Waals surface area contributed by atoms with E-state index in [2.05, 4.69) is 5.32 Å². The van der Waals surface area contributed by atoms with Crippen molar-refractivity contribution in [1.82, 2.24) is 10.2 Å². The minimum Gasteiger partial charge on any atom is -0.496 e. The molecule has 0 aliphatic heterocycles. The number of benzene rings is 2. The Hall–Kier alpha value is -2.87. The molecule has 0 aromatic heterocycles. The second kappa shape index (κ2) is 9.89. The lowest BCUT2D eigenvalue weighted by Gasteiger charge is -2.18. The van der Waals surface area contributed by atoms with Crippen molar-refractivity contribution < 1.29 is 27.8 Å². The molecule has 8 heteroatoms. The lowest BCUT2D eigenvalue weighted by Crippen LogP contribution is -2.34. The van der Waals surface area contributed by atoms with Crippen LogP contribution in [0.1, 0.15) is 11.1 Å². The van der Waals surface area contributed by atoms with Gasteiger partial charge in [-0.25, -0.2) is 8.78 Å². The summed E-state index contributed by atoms with van der Waals surface area (Å²) in [6.07, 6.45) is 0. The third kappa shape index (κ3) is 5.56. The van der Waals surface area contributed by atoms with Crippen molar-refractivity contribution in [2.24, 2.45) is 0 Å². The van der Waals surface area contributed by atoms with E-state index in [9.17, 15) is 13.6 Å². The Balaban J connectivity index is 1.96. The Morgan fingerprint density at radius 1 is 0.964 bits per heavy atom. The molecule has 0 unspecified atom stereocenters. The summed E-state index contributed by atoms with van der Waals surface area (Å²) in [5.74, 6) is 0.0846. The molecule has 0 spiro atoms. The number of likely N-dealkylation sites (N-methyl/N-ethyl adjacent to an activating group) is 1. The van der Waals surface area contributed by atoms with Crippen LogP contribution in [0.4, 0.5) is 8.78 Å². The number of methoxy groups -OCH3 is 3. The standard InChI is InChI=1S/C20H24F2N2O4/c1-24(11-13-5-6-15(21)8-16(13)22)12-20(25)23-10-14-7-18(27-3)19(28-4)9-17(14)26-2/h5-9H,10-12H2,1-4H3,(H,23,25). The van der Waals surface area contributed by atoms with Crippen molar-refractivity contribution in [2.45, 2.75) is 13.1 Å². The Bertz CT molecular complexity index is 830. The van der Waals surface area contributed by atoms with Crippen molar-refractivity contribution in [1.29, 1.82) is 0 Å². The molecule has 0 aliphatic rings. The van der Waals surface area contributed by atoms with Gasteiger partial charge in [0.05, 0.1) is 27.9 Å². The molecule has 0 fully saturated rings. The van der Waals surface area contributed by atoms with E-state index in [1.807, 2.05) is 0 Å². The lowest BCUT2D eigenvalue weighted by molar-refractivity contribution is -0.122. The highest BCUT2D eigenvalue weighted by Gasteiger charge is 2.14. The first-order valence-electron chi connectivity index (χ1n) is 8.56. The fourth-order valence-electron chi connectivity index (χ4n) is 2.72.